The first-order valence-electron chi connectivity index (χ1n) is 12.0. The molecule has 0 saturated carbocycles. The fourth-order valence-corrected chi connectivity index (χ4v) is 5.43. The van der Waals surface area contributed by atoms with Crippen LogP contribution in [0, 0.1) is 13.8 Å². The summed E-state index contributed by atoms with van der Waals surface area (Å²) >= 11 is 5.97. The Hall–Kier alpha value is -3.36. The zero-order valence-electron chi connectivity index (χ0n) is 21.4. The molecule has 0 bridgehead atoms. The van der Waals surface area contributed by atoms with Crippen LogP contribution in [0.25, 0.3) is 0 Å². The maximum atomic E-state index is 13.8. The maximum absolute atomic E-state index is 13.8. The van der Waals surface area contributed by atoms with Gasteiger partial charge in [0.05, 0.1) is 10.6 Å². The van der Waals surface area contributed by atoms with E-state index < -0.39 is 28.5 Å². The van der Waals surface area contributed by atoms with E-state index in [0.717, 1.165) is 21.0 Å². The molecule has 1 N–H and O–H groups in total. The highest BCUT2D eigenvalue weighted by Crippen LogP contribution is 2.26. The van der Waals surface area contributed by atoms with Crippen molar-refractivity contribution in [1.29, 1.82) is 0 Å². The van der Waals surface area contributed by atoms with Gasteiger partial charge < -0.3 is 10.2 Å². The quantitative estimate of drug-likeness (QED) is 0.403. The van der Waals surface area contributed by atoms with Crippen molar-refractivity contribution in [2.24, 2.45) is 0 Å². The molecule has 0 aliphatic rings. The van der Waals surface area contributed by atoms with Crippen LogP contribution in [0.2, 0.25) is 5.02 Å². The minimum atomic E-state index is -4.12. The molecule has 3 aromatic rings. The van der Waals surface area contributed by atoms with Gasteiger partial charge in [-0.2, -0.15) is 0 Å². The Morgan fingerprint density at radius 2 is 1.59 bits per heavy atom. The Bertz CT molecular complexity index is 1340. The number of aryl methyl sites for hydroxylation is 2. The molecule has 0 saturated heterocycles. The van der Waals surface area contributed by atoms with Gasteiger partial charge in [-0.05, 0) is 69.7 Å². The minimum Gasteiger partial charge on any atom is -0.355 e. The average molecular weight is 542 g/mol. The lowest BCUT2D eigenvalue weighted by molar-refractivity contribution is -0.139. The lowest BCUT2D eigenvalue weighted by atomic mass is 10.1. The highest BCUT2D eigenvalue weighted by Gasteiger charge is 2.32. The molecule has 0 radical (unpaired) electrons. The predicted octanol–water partition coefficient (Wildman–Crippen LogP) is 4.71. The number of hydrogen-bond donors (Lipinski definition) is 1. The zero-order valence-corrected chi connectivity index (χ0v) is 23.0. The van der Waals surface area contributed by atoms with Gasteiger partial charge in [0, 0.05) is 18.1 Å². The van der Waals surface area contributed by atoms with Gasteiger partial charge in [-0.25, -0.2) is 8.42 Å². The monoisotopic (exact) mass is 541 g/mol. The topological polar surface area (TPSA) is 86.8 Å². The van der Waals surface area contributed by atoms with Crippen molar-refractivity contribution in [2.45, 2.75) is 45.2 Å². The molecule has 3 aromatic carbocycles. The normalized spacial score (nSPS) is 12.0. The van der Waals surface area contributed by atoms with Crippen LogP contribution in [0.4, 0.5) is 5.69 Å². The van der Waals surface area contributed by atoms with Crippen molar-refractivity contribution in [3.63, 3.8) is 0 Å². The largest absolute Gasteiger partial charge is 0.355 e. The standard InChI is InChI=1S/C28H32ClN3O4S/c1-5-30-28(34)22(4)31(18-23-8-6-7-21(3)17-23)27(33)19-32(25-13-9-20(2)10-14-25)37(35,36)26-15-11-24(29)12-16-26/h6-17,22H,5,18-19H2,1-4H3,(H,30,34)/t22-/m1/s1. The SMILES string of the molecule is CCNC(=O)[C@@H](C)N(Cc1cccc(C)c1)C(=O)CN(c1ccc(C)cc1)S(=O)(=O)c1ccc(Cl)cc1. The molecule has 0 aromatic heterocycles. The Balaban J connectivity index is 2.02. The number of carbonyl (C=O) groups is 2. The van der Waals surface area contributed by atoms with Crippen molar-refractivity contribution in [3.05, 3.63) is 94.5 Å². The van der Waals surface area contributed by atoms with E-state index in [4.69, 9.17) is 11.6 Å². The van der Waals surface area contributed by atoms with Gasteiger partial charge in [-0.3, -0.25) is 13.9 Å². The van der Waals surface area contributed by atoms with Crippen molar-refractivity contribution in [1.82, 2.24) is 10.2 Å². The Kier molecular flexibility index (Phi) is 9.34. The lowest BCUT2D eigenvalue weighted by Gasteiger charge is -2.32. The Labute approximate surface area is 224 Å². The van der Waals surface area contributed by atoms with Gasteiger partial charge in [0.1, 0.15) is 12.6 Å². The molecule has 1 atom stereocenters. The van der Waals surface area contributed by atoms with E-state index in [2.05, 4.69) is 5.32 Å². The maximum Gasteiger partial charge on any atom is 0.264 e. The van der Waals surface area contributed by atoms with Crippen LogP contribution in [0.1, 0.15) is 30.5 Å². The van der Waals surface area contributed by atoms with Gasteiger partial charge in [-0.1, -0.05) is 59.1 Å². The van der Waals surface area contributed by atoms with Gasteiger partial charge in [0.15, 0.2) is 0 Å². The lowest BCUT2D eigenvalue weighted by Crippen LogP contribution is -2.51. The first-order valence-corrected chi connectivity index (χ1v) is 13.8. The number of rotatable bonds is 10. The molecule has 196 valence electrons. The molecule has 0 unspecified atom stereocenters. The third-order valence-electron chi connectivity index (χ3n) is 5.96. The number of halogens is 1. The van der Waals surface area contributed by atoms with Crippen molar-refractivity contribution in [2.75, 3.05) is 17.4 Å². The van der Waals surface area contributed by atoms with Crippen LogP contribution in [0.3, 0.4) is 0 Å². The highest BCUT2D eigenvalue weighted by molar-refractivity contribution is 7.92. The van der Waals surface area contributed by atoms with E-state index in [1.165, 1.54) is 29.2 Å². The third kappa shape index (κ3) is 7.11. The number of nitrogens with zero attached hydrogens (tertiary/aromatic N) is 2. The molecule has 0 spiro atoms. The molecule has 3 rings (SSSR count). The number of carbonyl (C=O) groups excluding carboxylic acids is 2. The van der Waals surface area contributed by atoms with E-state index in [-0.39, 0.29) is 17.3 Å². The molecule has 0 aliphatic carbocycles. The number of benzene rings is 3. The molecular weight excluding hydrogens is 510 g/mol. The van der Waals surface area contributed by atoms with Crippen molar-refractivity contribution < 1.29 is 18.0 Å². The molecule has 2 amide bonds. The summed E-state index contributed by atoms with van der Waals surface area (Å²) in [6.07, 6.45) is 0. The summed E-state index contributed by atoms with van der Waals surface area (Å²) in [6, 6.07) is 19.5. The van der Waals surface area contributed by atoms with Crippen LogP contribution in [-0.4, -0.2) is 44.3 Å². The molecule has 0 aliphatic heterocycles. The first kappa shape index (κ1) is 28.2. The molecule has 37 heavy (non-hydrogen) atoms. The summed E-state index contributed by atoms with van der Waals surface area (Å²) in [6.45, 7) is 7.37. The summed E-state index contributed by atoms with van der Waals surface area (Å²) in [5.41, 5.74) is 3.15. The molecule has 9 heteroatoms. The van der Waals surface area contributed by atoms with Crippen molar-refractivity contribution >= 4 is 39.1 Å². The smallest absolute Gasteiger partial charge is 0.264 e. The third-order valence-corrected chi connectivity index (χ3v) is 8.00. The Morgan fingerprint density at radius 3 is 2.19 bits per heavy atom. The number of nitrogens with one attached hydrogen (secondary N) is 1. The van der Waals surface area contributed by atoms with Crippen LogP contribution in [0.5, 0.6) is 0 Å². The number of anilines is 1. The van der Waals surface area contributed by atoms with E-state index in [0.29, 0.717) is 17.3 Å². The summed E-state index contributed by atoms with van der Waals surface area (Å²) in [7, 11) is -4.12. The van der Waals surface area contributed by atoms with Gasteiger partial charge in [0.25, 0.3) is 10.0 Å². The van der Waals surface area contributed by atoms with Gasteiger partial charge in [0.2, 0.25) is 11.8 Å². The molecule has 7 nitrogen and oxygen atoms in total. The first-order chi connectivity index (χ1) is 17.5. The van der Waals surface area contributed by atoms with Crippen LogP contribution in [0.15, 0.2) is 77.7 Å². The van der Waals surface area contributed by atoms with E-state index in [1.54, 1.807) is 38.1 Å². The van der Waals surface area contributed by atoms with Gasteiger partial charge in [-0.15, -0.1) is 0 Å². The number of likely N-dealkylation sites (N-methyl/N-ethyl adjacent to an activating group) is 1. The molecular formula is C28H32ClN3O4S. The van der Waals surface area contributed by atoms with Crippen molar-refractivity contribution in [3.8, 4) is 0 Å². The average Bonchev–Trinajstić information content (AvgIpc) is 2.86. The number of hydrogen-bond acceptors (Lipinski definition) is 4. The van der Waals surface area contributed by atoms with Crippen LogP contribution < -0.4 is 9.62 Å². The van der Waals surface area contributed by atoms with E-state index in [1.807, 2.05) is 38.1 Å². The summed E-state index contributed by atoms with van der Waals surface area (Å²) in [5, 5.41) is 3.15. The second kappa shape index (κ2) is 12.3. The number of amides is 2. The fraction of sp³-hybridized carbons (Fsp3) is 0.286. The fourth-order valence-electron chi connectivity index (χ4n) is 3.89. The van der Waals surface area contributed by atoms with Gasteiger partial charge >= 0.3 is 0 Å². The van der Waals surface area contributed by atoms with E-state index >= 15 is 0 Å². The van der Waals surface area contributed by atoms with E-state index in [9.17, 15) is 18.0 Å². The van der Waals surface area contributed by atoms with Crippen LogP contribution >= 0.6 is 11.6 Å². The minimum absolute atomic E-state index is 0.00674. The summed E-state index contributed by atoms with van der Waals surface area (Å²) in [5.74, 6) is -0.815. The summed E-state index contributed by atoms with van der Waals surface area (Å²) in [4.78, 5) is 27.9. The Morgan fingerprint density at radius 1 is 0.946 bits per heavy atom. The second-order valence-electron chi connectivity index (χ2n) is 8.88. The highest BCUT2D eigenvalue weighted by atomic mass is 35.5. The van der Waals surface area contributed by atoms with Crippen LogP contribution in [-0.2, 0) is 26.2 Å². The predicted molar refractivity (Wildman–Crippen MR) is 147 cm³/mol. The molecule has 0 heterocycles. The number of sulfonamides is 1. The zero-order chi connectivity index (χ0) is 27.2. The second-order valence-corrected chi connectivity index (χ2v) is 11.2. The molecule has 0 fully saturated rings. The summed E-state index contributed by atoms with van der Waals surface area (Å²) < 4.78 is 28.5.